The molecule has 10 nitrogen and oxygen atoms in total. The van der Waals surface area contributed by atoms with Crippen molar-refractivity contribution in [2.24, 2.45) is 0 Å². The lowest BCUT2D eigenvalue weighted by atomic mass is 9.93. The number of aromatic nitrogens is 2. The van der Waals surface area contributed by atoms with E-state index in [1.54, 1.807) is 38.1 Å². The van der Waals surface area contributed by atoms with Gasteiger partial charge in [0.1, 0.15) is 12.1 Å². The summed E-state index contributed by atoms with van der Waals surface area (Å²) < 4.78 is 2.19. The van der Waals surface area contributed by atoms with Crippen molar-refractivity contribution in [3.8, 4) is 0 Å². The minimum atomic E-state index is -1.18. The van der Waals surface area contributed by atoms with Gasteiger partial charge in [-0.15, -0.1) is 0 Å². The predicted molar refractivity (Wildman–Crippen MR) is 125 cm³/mol. The summed E-state index contributed by atoms with van der Waals surface area (Å²) in [6, 6.07) is 15.3. The molecule has 2 N–H and O–H groups in total. The molecule has 1 fully saturated rings. The number of aryl methyl sites for hydroxylation is 1. The van der Waals surface area contributed by atoms with E-state index in [1.165, 1.54) is 0 Å². The van der Waals surface area contributed by atoms with E-state index in [0.29, 0.717) is 28.8 Å². The van der Waals surface area contributed by atoms with E-state index in [2.05, 4.69) is 10.7 Å². The Labute approximate surface area is 194 Å². The molecule has 0 spiro atoms. The topological polar surface area (TPSA) is 123 Å². The maximum Gasteiger partial charge on any atom is 0.344 e. The van der Waals surface area contributed by atoms with Gasteiger partial charge in [-0.05, 0) is 44.4 Å². The van der Waals surface area contributed by atoms with Crippen molar-refractivity contribution in [2.45, 2.75) is 45.3 Å². The second kappa shape index (κ2) is 8.97. The number of benzene rings is 2. The molecule has 34 heavy (non-hydrogen) atoms. The highest BCUT2D eigenvalue weighted by atomic mass is 16.2. The van der Waals surface area contributed by atoms with Gasteiger partial charge in [0.15, 0.2) is 0 Å². The third kappa shape index (κ3) is 4.09. The van der Waals surface area contributed by atoms with Crippen LogP contribution in [0.5, 0.6) is 0 Å². The minimum absolute atomic E-state index is 0.136. The molecule has 4 rings (SSSR count). The van der Waals surface area contributed by atoms with E-state index in [9.17, 15) is 24.0 Å². The van der Waals surface area contributed by atoms with Crippen molar-refractivity contribution in [1.29, 1.82) is 0 Å². The number of nitrogens with zero attached hydrogens (tertiary/aromatic N) is 3. The minimum Gasteiger partial charge on any atom is -0.322 e. The number of para-hydroxylation sites is 1. The van der Waals surface area contributed by atoms with Crippen molar-refractivity contribution in [3.05, 3.63) is 81.0 Å². The fraction of sp³-hybridized carbons (Fsp3) is 0.292. The van der Waals surface area contributed by atoms with Gasteiger partial charge in [0.25, 0.3) is 17.4 Å². The Morgan fingerprint density at radius 1 is 0.971 bits per heavy atom. The van der Waals surface area contributed by atoms with Crippen molar-refractivity contribution in [2.75, 3.05) is 0 Å². The third-order valence-electron chi connectivity index (χ3n) is 6.00. The number of nitrogens with one attached hydrogen (secondary N) is 2. The lowest BCUT2D eigenvalue weighted by Crippen LogP contribution is -2.50. The largest absolute Gasteiger partial charge is 0.344 e. The molecule has 1 aliphatic rings. The molecular weight excluding hydrogens is 438 g/mol. The molecule has 0 aliphatic carbocycles. The second-order valence-corrected chi connectivity index (χ2v) is 8.36. The molecule has 10 heteroatoms. The Balaban J connectivity index is 1.53. The molecule has 0 unspecified atom stereocenters. The van der Waals surface area contributed by atoms with Crippen LogP contribution >= 0.6 is 0 Å². The maximum absolute atomic E-state index is 13.0. The zero-order chi connectivity index (χ0) is 24.5. The molecule has 0 saturated carbocycles. The number of rotatable bonds is 7. The highest BCUT2D eigenvalue weighted by molar-refractivity contribution is 6.07. The van der Waals surface area contributed by atoms with Gasteiger partial charge < -0.3 is 5.32 Å². The molecule has 4 amide bonds. The highest BCUT2D eigenvalue weighted by Crippen LogP contribution is 2.22. The van der Waals surface area contributed by atoms with Gasteiger partial charge in [0, 0.05) is 6.54 Å². The fourth-order valence-electron chi connectivity index (χ4n) is 4.10. The summed E-state index contributed by atoms with van der Waals surface area (Å²) in [4.78, 5) is 63.7. The summed E-state index contributed by atoms with van der Waals surface area (Å²) >= 11 is 0. The van der Waals surface area contributed by atoms with Gasteiger partial charge in [-0.1, -0.05) is 42.5 Å². The number of amides is 4. The molecular formula is C24H25N5O5. The van der Waals surface area contributed by atoms with Crippen molar-refractivity contribution < 1.29 is 14.4 Å². The SMILES string of the molecule is CCn1c(=O)c2ccccc2n(CC(=O)NN2C(=O)N[C@](C)(CCc3ccccc3)C2=O)c1=O. The van der Waals surface area contributed by atoms with Gasteiger partial charge in [-0.2, -0.15) is 5.01 Å². The lowest BCUT2D eigenvalue weighted by molar-refractivity contribution is -0.139. The van der Waals surface area contributed by atoms with Gasteiger partial charge in [0.05, 0.1) is 10.9 Å². The maximum atomic E-state index is 13.0. The number of urea groups is 1. The van der Waals surface area contributed by atoms with E-state index in [1.807, 2.05) is 30.3 Å². The van der Waals surface area contributed by atoms with E-state index < -0.39 is 41.2 Å². The van der Waals surface area contributed by atoms with Gasteiger partial charge in [-0.25, -0.2) is 9.59 Å². The number of carbonyl (C=O) groups is 3. The molecule has 2 aromatic carbocycles. The van der Waals surface area contributed by atoms with Crippen molar-refractivity contribution in [3.63, 3.8) is 0 Å². The van der Waals surface area contributed by atoms with Crippen LogP contribution in [-0.4, -0.2) is 37.5 Å². The van der Waals surface area contributed by atoms with Crippen LogP contribution in [0.3, 0.4) is 0 Å². The molecule has 2 heterocycles. The van der Waals surface area contributed by atoms with Crippen LogP contribution in [0.1, 0.15) is 25.8 Å². The van der Waals surface area contributed by atoms with Crippen LogP contribution < -0.4 is 22.0 Å². The number of imide groups is 1. The lowest BCUT2D eigenvalue weighted by Gasteiger charge is -2.21. The average molecular weight is 463 g/mol. The molecule has 1 aromatic heterocycles. The van der Waals surface area contributed by atoms with E-state index in [0.717, 1.165) is 14.7 Å². The zero-order valence-corrected chi connectivity index (χ0v) is 18.9. The van der Waals surface area contributed by atoms with Crippen LogP contribution in [0.4, 0.5) is 4.79 Å². The predicted octanol–water partition coefficient (Wildman–Crippen LogP) is 1.16. The second-order valence-electron chi connectivity index (χ2n) is 8.36. The summed E-state index contributed by atoms with van der Waals surface area (Å²) in [6.07, 6.45) is 0.907. The first-order valence-electron chi connectivity index (χ1n) is 11.0. The van der Waals surface area contributed by atoms with Gasteiger partial charge >= 0.3 is 11.7 Å². The number of hydrogen-bond acceptors (Lipinski definition) is 5. The van der Waals surface area contributed by atoms with Crippen LogP contribution in [0.25, 0.3) is 10.9 Å². The molecule has 1 aliphatic heterocycles. The molecule has 3 aromatic rings. The molecule has 0 bridgehead atoms. The highest BCUT2D eigenvalue weighted by Gasteiger charge is 2.48. The summed E-state index contributed by atoms with van der Waals surface area (Å²) in [7, 11) is 0. The van der Waals surface area contributed by atoms with E-state index in [-0.39, 0.29) is 6.54 Å². The third-order valence-corrected chi connectivity index (χ3v) is 6.00. The van der Waals surface area contributed by atoms with Crippen molar-refractivity contribution >= 4 is 28.7 Å². The summed E-state index contributed by atoms with van der Waals surface area (Å²) in [6.45, 7) is 2.93. The Hall–Kier alpha value is -4.21. The summed E-state index contributed by atoms with van der Waals surface area (Å²) in [5.41, 5.74) is 1.35. The number of hydrazine groups is 1. The first-order chi connectivity index (χ1) is 16.2. The van der Waals surface area contributed by atoms with Crippen LogP contribution in [-0.2, 0) is 29.1 Å². The molecule has 176 valence electrons. The van der Waals surface area contributed by atoms with Gasteiger partial charge in [-0.3, -0.25) is 28.9 Å². The van der Waals surface area contributed by atoms with Gasteiger partial charge in [0.2, 0.25) is 0 Å². The van der Waals surface area contributed by atoms with Crippen LogP contribution in [0, 0.1) is 0 Å². The van der Waals surface area contributed by atoms with Crippen molar-refractivity contribution in [1.82, 2.24) is 24.9 Å². The van der Waals surface area contributed by atoms with Crippen LogP contribution in [0.2, 0.25) is 0 Å². The number of fused-ring (bicyclic) bond motifs is 1. The van der Waals surface area contributed by atoms with Crippen LogP contribution in [0.15, 0.2) is 64.2 Å². The average Bonchev–Trinajstić information content (AvgIpc) is 3.04. The zero-order valence-electron chi connectivity index (χ0n) is 18.9. The Morgan fingerprint density at radius 3 is 2.35 bits per heavy atom. The normalized spacial score (nSPS) is 17.8. The molecule has 1 atom stereocenters. The molecule has 1 saturated heterocycles. The Kier molecular flexibility index (Phi) is 6.06. The fourth-order valence-corrected chi connectivity index (χ4v) is 4.10. The first-order valence-corrected chi connectivity index (χ1v) is 11.0. The standard InChI is InChI=1S/C24H25N5O5/c1-3-27-20(31)17-11-7-8-12-18(17)28(23(27)34)15-19(30)26-29-21(32)24(2,25-22(29)33)14-13-16-9-5-4-6-10-16/h4-12H,3,13-15H2,1-2H3,(H,25,33)(H,26,30)/t24-/m1/s1. The molecule has 0 radical (unpaired) electrons. The monoisotopic (exact) mass is 463 g/mol. The van der Waals surface area contributed by atoms with E-state index >= 15 is 0 Å². The Morgan fingerprint density at radius 2 is 1.65 bits per heavy atom. The smallest absolute Gasteiger partial charge is 0.322 e. The first kappa shape index (κ1) is 23.0. The quantitative estimate of drug-likeness (QED) is 0.509. The summed E-state index contributed by atoms with van der Waals surface area (Å²) in [5, 5.41) is 3.59. The summed E-state index contributed by atoms with van der Waals surface area (Å²) in [5.74, 6) is -1.33. The number of carbonyl (C=O) groups excluding carboxylic acids is 3. The number of hydrogen-bond donors (Lipinski definition) is 2. The van der Waals surface area contributed by atoms with E-state index in [4.69, 9.17) is 0 Å². The Bertz CT molecular complexity index is 1390.